The molecular formula is C12H25IN4O2S. The molecule has 2 saturated heterocycles. The van der Waals surface area contributed by atoms with Crippen LogP contribution in [0, 0.1) is 0 Å². The fourth-order valence-corrected chi connectivity index (χ4v) is 3.78. The Morgan fingerprint density at radius 3 is 2.25 bits per heavy atom. The molecule has 2 aliphatic rings. The minimum Gasteiger partial charge on any atom is -0.370 e. The Morgan fingerprint density at radius 1 is 1.05 bits per heavy atom. The second kappa shape index (κ2) is 8.38. The normalized spacial score (nSPS) is 24.2. The highest BCUT2D eigenvalue weighted by Gasteiger charge is 2.21. The first-order chi connectivity index (χ1) is 9.07. The second-order valence-corrected chi connectivity index (χ2v) is 7.58. The Labute approximate surface area is 138 Å². The van der Waals surface area contributed by atoms with Gasteiger partial charge in [-0.3, -0.25) is 9.89 Å². The molecule has 0 spiro atoms. The van der Waals surface area contributed by atoms with E-state index in [0.717, 1.165) is 19.6 Å². The minimum atomic E-state index is -2.78. The van der Waals surface area contributed by atoms with Crippen molar-refractivity contribution in [2.45, 2.75) is 19.3 Å². The van der Waals surface area contributed by atoms with Gasteiger partial charge in [-0.15, -0.1) is 24.0 Å². The van der Waals surface area contributed by atoms with Crippen molar-refractivity contribution < 1.29 is 8.42 Å². The lowest BCUT2D eigenvalue weighted by Crippen LogP contribution is -2.43. The molecule has 0 saturated carbocycles. The summed E-state index contributed by atoms with van der Waals surface area (Å²) >= 11 is 0. The number of likely N-dealkylation sites (tertiary alicyclic amines) is 1. The van der Waals surface area contributed by atoms with E-state index in [0.29, 0.717) is 25.6 Å². The van der Waals surface area contributed by atoms with Crippen LogP contribution in [0.1, 0.15) is 19.3 Å². The minimum absolute atomic E-state index is 0. The second-order valence-electron chi connectivity index (χ2n) is 5.28. The van der Waals surface area contributed by atoms with Crippen LogP contribution in [-0.4, -0.2) is 75.0 Å². The number of sulfone groups is 1. The van der Waals surface area contributed by atoms with Gasteiger partial charge in [-0.1, -0.05) is 0 Å². The number of hydrogen-bond donors (Lipinski definition) is 1. The SMILES string of the molecule is I.NC(=NCCN1CCS(=O)(=O)CC1)N1CCCCC1. The summed E-state index contributed by atoms with van der Waals surface area (Å²) in [6, 6.07) is 0. The summed E-state index contributed by atoms with van der Waals surface area (Å²) < 4.78 is 22.6. The Bertz CT molecular complexity index is 407. The first kappa shape index (κ1) is 18.0. The third kappa shape index (κ3) is 5.72. The smallest absolute Gasteiger partial charge is 0.191 e. The molecule has 0 aromatic heterocycles. The van der Waals surface area contributed by atoms with Gasteiger partial charge in [0.2, 0.25) is 0 Å². The first-order valence-electron chi connectivity index (χ1n) is 7.04. The molecule has 0 bridgehead atoms. The maximum Gasteiger partial charge on any atom is 0.191 e. The van der Waals surface area contributed by atoms with Gasteiger partial charge in [0.15, 0.2) is 15.8 Å². The summed E-state index contributed by atoms with van der Waals surface area (Å²) in [7, 11) is -2.78. The number of nitrogens with two attached hydrogens (primary N) is 1. The van der Waals surface area contributed by atoms with Gasteiger partial charge in [0, 0.05) is 32.7 Å². The summed E-state index contributed by atoms with van der Waals surface area (Å²) in [4.78, 5) is 8.70. The molecule has 0 aliphatic carbocycles. The Morgan fingerprint density at radius 2 is 1.65 bits per heavy atom. The quantitative estimate of drug-likeness (QED) is 0.402. The van der Waals surface area contributed by atoms with Crippen LogP contribution in [0.4, 0.5) is 0 Å². The zero-order valence-corrected chi connectivity index (χ0v) is 15.0. The molecule has 2 rings (SSSR count). The molecule has 2 heterocycles. The van der Waals surface area contributed by atoms with Crippen molar-refractivity contribution in [3.8, 4) is 0 Å². The average molecular weight is 416 g/mol. The number of guanidine groups is 1. The fourth-order valence-electron chi connectivity index (χ4n) is 2.50. The van der Waals surface area contributed by atoms with Crippen LogP contribution >= 0.6 is 24.0 Å². The number of aliphatic imine (C=N–C) groups is 1. The predicted molar refractivity (Wildman–Crippen MR) is 92.4 cm³/mol. The van der Waals surface area contributed by atoms with Gasteiger partial charge in [0.25, 0.3) is 0 Å². The summed E-state index contributed by atoms with van der Waals surface area (Å²) in [5.41, 5.74) is 5.97. The van der Waals surface area contributed by atoms with Gasteiger partial charge in [0.1, 0.15) is 0 Å². The maximum atomic E-state index is 11.3. The highest BCUT2D eigenvalue weighted by Crippen LogP contribution is 2.08. The third-order valence-corrected chi connectivity index (χ3v) is 5.42. The zero-order chi connectivity index (χ0) is 13.7. The molecule has 2 aliphatic heterocycles. The third-order valence-electron chi connectivity index (χ3n) is 3.81. The molecule has 0 atom stereocenters. The predicted octanol–water partition coefficient (Wildman–Crippen LogP) is 0.135. The van der Waals surface area contributed by atoms with Crippen LogP contribution in [0.5, 0.6) is 0 Å². The van der Waals surface area contributed by atoms with E-state index < -0.39 is 9.84 Å². The molecule has 2 N–H and O–H groups in total. The number of nitrogens with zero attached hydrogens (tertiary/aromatic N) is 3. The van der Waals surface area contributed by atoms with E-state index in [9.17, 15) is 8.42 Å². The van der Waals surface area contributed by atoms with E-state index in [2.05, 4.69) is 14.8 Å². The van der Waals surface area contributed by atoms with E-state index in [1.807, 2.05) is 0 Å². The molecule has 8 heteroatoms. The first-order valence-corrected chi connectivity index (χ1v) is 8.87. The van der Waals surface area contributed by atoms with Crippen LogP contribution in [0.3, 0.4) is 0 Å². The number of halogens is 1. The van der Waals surface area contributed by atoms with Gasteiger partial charge in [-0.05, 0) is 19.3 Å². The monoisotopic (exact) mass is 416 g/mol. The van der Waals surface area contributed by atoms with Gasteiger partial charge in [-0.2, -0.15) is 0 Å². The molecule has 0 amide bonds. The van der Waals surface area contributed by atoms with Crippen LogP contribution in [0.2, 0.25) is 0 Å². The standard InChI is InChI=1S/C12H24N4O2S.HI/c13-12(16-5-2-1-3-6-16)14-4-7-15-8-10-19(17,18)11-9-15;/h1-11H2,(H2,13,14);1H. The molecule has 20 heavy (non-hydrogen) atoms. The number of hydrogen-bond acceptors (Lipinski definition) is 4. The summed E-state index contributed by atoms with van der Waals surface area (Å²) in [6.07, 6.45) is 3.67. The lowest BCUT2D eigenvalue weighted by molar-refractivity contribution is 0.301. The molecule has 2 fully saturated rings. The van der Waals surface area contributed by atoms with Crippen molar-refractivity contribution in [2.24, 2.45) is 10.7 Å². The Kier molecular flexibility index (Phi) is 7.52. The number of piperidine rings is 1. The van der Waals surface area contributed by atoms with E-state index in [1.165, 1.54) is 19.3 Å². The molecule has 0 unspecified atom stereocenters. The molecule has 0 aromatic rings. The molecular weight excluding hydrogens is 391 g/mol. The molecule has 6 nitrogen and oxygen atoms in total. The lowest BCUT2D eigenvalue weighted by Gasteiger charge is -2.28. The summed E-state index contributed by atoms with van der Waals surface area (Å²) in [5.74, 6) is 1.20. The highest BCUT2D eigenvalue weighted by molar-refractivity contribution is 14.0. The van der Waals surface area contributed by atoms with Crippen LogP contribution < -0.4 is 5.73 Å². The van der Waals surface area contributed by atoms with Gasteiger partial charge >= 0.3 is 0 Å². The topological polar surface area (TPSA) is 79.0 Å². The molecule has 0 radical (unpaired) electrons. The van der Waals surface area contributed by atoms with Crippen molar-refractivity contribution in [1.29, 1.82) is 0 Å². The van der Waals surface area contributed by atoms with Crippen LogP contribution in [0.25, 0.3) is 0 Å². The highest BCUT2D eigenvalue weighted by atomic mass is 127. The lowest BCUT2D eigenvalue weighted by atomic mass is 10.1. The maximum absolute atomic E-state index is 11.3. The number of rotatable bonds is 3. The van der Waals surface area contributed by atoms with Crippen molar-refractivity contribution in [1.82, 2.24) is 9.80 Å². The zero-order valence-electron chi connectivity index (χ0n) is 11.8. The van der Waals surface area contributed by atoms with E-state index >= 15 is 0 Å². The van der Waals surface area contributed by atoms with Gasteiger partial charge in [0.05, 0.1) is 18.1 Å². The molecule has 0 aromatic carbocycles. The molecule has 118 valence electrons. The summed E-state index contributed by atoms with van der Waals surface area (Å²) in [5, 5.41) is 0. The van der Waals surface area contributed by atoms with Crippen LogP contribution in [-0.2, 0) is 9.84 Å². The van der Waals surface area contributed by atoms with E-state index in [4.69, 9.17) is 5.73 Å². The van der Waals surface area contributed by atoms with Gasteiger partial charge < -0.3 is 10.6 Å². The van der Waals surface area contributed by atoms with E-state index in [1.54, 1.807) is 0 Å². The summed E-state index contributed by atoms with van der Waals surface area (Å²) in [6.45, 7) is 4.73. The van der Waals surface area contributed by atoms with Crippen LogP contribution in [0.15, 0.2) is 4.99 Å². The Balaban J connectivity index is 0.00000200. The van der Waals surface area contributed by atoms with Crippen molar-refractivity contribution in [3.05, 3.63) is 0 Å². The van der Waals surface area contributed by atoms with Crippen molar-refractivity contribution in [3.63, 3.8) is 0 Å². The largest absolute Gasteiger partial charge is 0.370 e. The average Bonchev–Trinajstić information content (AvgIpc) is 2.41. The van der Waals surface area contributed by atoms with Crippen molar-refractivity contribution >= 4 is 39.8 Å². The Hall–Kier alpha value is -0.0900. The van der Waals surface area contributed by atoms with E-state index in [-0.39, 0.29) is 35.5 Å². The fraction of sp³-hybridized carbons (Fsp3) is 0.917. The van der Waals surface area contributed by atoms with Crippen molar-refractivity contribution in [2.75, 3.05) is 50.8 Å². The van der Waals surface area contributed by atoms with Gasteiger partial charge in [-0.25, -0.2) is 8.42 Å².